The highest BCUT2D eigenvalue weighted by atomic mass is 16.2. The fraction of sp³-hybridized carbons (Fsp3) is 0.333. The molecule has 0 spiro atoms. The second-order valence-corrected chi connectivity index (χ2v) is 5.89. The molecule has 130 valence electrons. The molecule has 3 heterocycles. The molecule has 25 heavy (non-hydrogen) atoms. The lowest BCUT2D eigenvalue weighted by molar-refractivity contribution is 0.0531. The number of amides is 2. The maximum Gasteiger partial charge on any atom is 0.272 e. The van der Waals surface area contributed by atoms with Crippen LogP contribution in [0.4, 0.5) is 0 Å². The number of carbonyl (C=O) groups is 2. The van der Waals surface area contributed by atoms with Crippen molar-refractivity contribution in [1.82, 2.24) is 19.8 Å². The number of nitrogens with zero attached hydrogens (tertiary/aromatic N) is 3. The third-order valence-corrected chi connectivity index (χ3v) is 4.36. The van der Waals surface area contributed by atoms with E-state index in [9.17, 15) is 14.4 Å². The minimum atomic E-state index is -0.242. The van der Waals surface area contributed by atoms with Crippen molar-refractivity contribution in [3.8, 4) is 0 Å². The second-order valence-electron chi connectivity index (χ2n) is 5.89. The molecule has 7 nitrogen and oxygen atoms in total. The van der Waals surface area contributed by atoms with Gasteiger partial charge in [0.1, 0.15) is 5.69 Å². The Morgan fingerprint density at radius 2 is 1.76 bits per heavy atom. The molecule has 0 saturated carbocycles. The molecule has 0 unspecified atom stereocenters. The minimum Gasteiger partial charge on any atom is -0.335 e. The zero-order chi connectivity index (χ0) is 17.8. The number of aromatic nitrogens is 2. The Bertz CT molecular complexity index is 818. The van der Waals surface area contributed by atoms with Crippen LogP contribution in [0.25, 0.3) is 0 Å². The summed E-state index contributed by atoms with van der Waals surface area (Å²) in [6, 6.07) is 6.59. The van der Waals surface area contributed by atoms with E-state index in [1.807, 2.05) is 19.1 Å². The Morgan fingerprint density at radius 1 is 1.08 bits per heavy atom. The lowest BCUT2D eigenvalue weighted by Crippen LogP contribution is -2.51. The van der Waals surface area contributed by atoms with Crippen LogP contribution in [0.3, 0.4) is 0 Å². The smallest absolute Gasteiger partial charge is 0.272 e. The van der Waals surface area contributed by atoms with Gasteiger partial charge in [-0.05, 0) is 24.1 Å². The van der Waals surface area contributed by atoms with Crippen LogP contribution in [-0.4, -0.2) is 57.8 Å². The predicted molar refractivity (Wildman–Crippen MR) is 92.5 cm³/mol. The average Bonchev–Trinajstić information content (AvgIpc) is 2.67. The lowest BCUT2D eigenvalue weighted by atomic mass is 10.1. The number of hydrogen-bond donors (Lipinski definition) is 1. The highest BCUT2D eigenvalue weighted by Gasteiger charge is 2.27. The first-order valence-corrected chi connectivity index (χ1v) is 8.31. The molecule has 0 aliphatic carbocycles. The van der Waals surface area contributed by atoms with E-state index in [2.05, 4.69) is 9.97 Å². The number of rotatable bonds is 3. The van der Waals surface area contributed by atoms with Gasteiger partial charge in [-0.1, -0.05) is 13.0 Å². The van der Waals surface area contributed by atoms with Crippen LogP contribution in [0.15, 0.2) is 41.5 Å². The van der Waals surface area contributed by atoms with Crippen LogP contribution in [0.2, 0.25) is 0 Å². The molecule has 0 aromatic carbocycles. The summed E-state index contributed by atoms with van der Waals surface area (Å²) in [5.41, 5.74) is 1.62. The van der Waals surface area contributed by atoms with E-state index in [0.29, 0.717) is 37.4 Å². The largest absolute Gasteiger partial charge is 0.335 e. The molecule has 2 aromatic rings. The summed E-state index contributed by atoms with van der Waals surface area (Å²) in [5.74, 6) is -0.232. The quantitative estimate of drug-likeness (QED) is 0.901. The third kappa shape index (κ3) is 3.60. The zero-order valence-corrected chi connectivity index (χ0v) is 14.1. The predicted octanol–water partition coefficient (Wildman–Crippen LogP) is 0.930. The van der Waals surface area contributed by atoms with Crippen molar-refractivity contribution < 1.29 is 9.59 Å². The third-order valence-electron chi connectivity index (χ3n) is 4.36. The van der Waals surface area contributed by atoms with Crippen molar-refractivity contribution in [2.24, 2.45) is 0 Å². The van der Waals surface area contributed by atoms with Gasteiger partial charge in [0, 0.05) is 44.6 Å². The summed E-state index contributed by atoms with van der Waals surface area (Å²) in [4.78, 5) is 46.4. The number of carbonyl (C=O) groups excluding carboxylic acids is 2. The summed E-state index contributed by atoms with van der Waals surface area (Å²) in [6.45, 7) is 3.84. The van der Waals surface area contributed by atoms with Gasteiger partial charge in [-0.15, -0.1) is 0 Å². The normalized spacial score (nSPS) is 14.4. The second kappa shape index (κ2) is 7.29. The van der Waals surface area contributed by atoms with Gasteiger partial charge in [0.05, 0.1) is 5.56 Å². The first-order chi connectivity index (χ1) is 12.1. The van der Waals surface area contributed by atoms with Crippen LogP contribution < -0.4 is 5.56 Å². The van der Waals surface area contributed by atoms with Gasteiger partial charge < -0.3 is 14.8 Å². The lowest BCUT2D eigenvalue weighted by Gasteiger charge is -2.34. The molecule has 3 rings (SSSR count). The van der Waals surface area contributed by atoms with Crippen LogP contribution >= 0.6 is 0 Å². The summed E-state index contributed by atoms with van der Waals surface area (Å²) >= 11 is 0. The van der Waals surface area contributed by atoms with Gasteiger partial charge >= 0.3 is 0 Å². The number of H-pyrrole nitrogens is 1. The van der Waals surface area contributed by atoms with Crippen molar-refractivity contribution in [3.63, 3.8) is 0 Å². The number of aromatic amines is 1. The molecule has 1 aliphatic rings. The Kier molecular flexibility index (Phi) is 4.92. The van der Waals surface area contributed by atoms with Gasteiger partial charge in [0.2, 0.25) is 5.56 Å². The number of piperazine rings is 1. The van der Waals surface area contributed by atoms with Crippen molar-refractivity contribution in [3.05, 3.63) is 63.8 Å². The molecule has 1 saturated heterocycles. The number of aryl methyl sites for hydroxylation is 1. The summed E-state index contributed by atoms with van der Waals surface area (Å²) in [7, 11) is 0. The molecule has 0 atom stereocenters. The van der Waals surface area contributed by atoms with E-state index in [-0.39, 0.29) is 17.4 Å². The van der Waals surface area contributed by atoms with E-state index in [0.717, 1.165) is 12.0 Å². The number of nitrogens with one attached hydrogen (secondary N) is 1. The SMILES string of the molecule is CCc1cccnc1C(=O)N1CCN(C(=O)c2ccc(=O)[nH]c2)CC1. The maximum atomic E-state index is 12.7. The fourth-order valence-corrected chi connectivity index (χ4v) is 2.91. The van der Waals surface area contributed by atoms with E-state index < -0.39 is 0 Å². The molecule has 1 fully saturated rings. The van der Waals surface area contributed by atoms with Gasteiger partial charge in [-0.2, -0.15) is 0 Å². The van der Waals surface area contributed by atoms with E-state index in [1.54, 1.807) is 16.0 Å². The molecule has 7 heteroatoms. The molecule has 0 bridgehead atoms. The van der Waals surface area contributed by atoms with Gasteiger partial charge in [-0.25, -0.2) is 0 Å². The highest BCUT2D eigenvalue weighted by molar-refractivity contribution is 5.95. The standard InChI is InChI=1S/C18H20N4O3/c1-2-13-4-3-7-19-16(13)18(25)22-10-8-21(9-11-22)17(24)14-5-6-15(23)20-12-14/h3-7,12H,2,8-11H2,1H3,(H,20,23). The molecule has 1 N–H and O–H groups in total. The van der Waals surface area contributed by atoms with Crippen molar-refractivity contribution >= 4 is 11.8 Å². The van der Waals surface area contributed by atoms with Gasteiger partial charge in [0.15, 0.2) is 0 Å². The minimum absolute atomic E-state index is 0.0893. The van der Waals surface area contributed by atoms with Crippen molar-refractivity contribution in [1.29, 1.82) is 0 Å². The first kappa shape index (κ1) is 16.9. The van der Waals surface area contributed by atoms with Crippen molar-refractivity contribution in [2.45, 2.75) is 13.3 Å². The van der Waals surface area contributed by atoms with E-state index in [4.69, 9.17) is 0 Å². The summed E-state index contributed by atoms with van der Waals surface area (Å²) < 4.78 is 0. The monoisotopic (exact) mass is 340 g/mol. The molecule has 1 aliphatic heterocycles. The topological polar surface area (TPSA) is 86.4 Å². The first-order valence-electron chi connectivity index (χ1n) is 8.31. The van der Waals surface area contributed by atoms with E-state index in [1.165, 1.54) is 18.3 Å². The molecule has 2 aromatic heterocycles. The average molecular weight is 340 g/mol. The zero-order valence-electron chi connectivity index (χ0n) is 14.1. The molecule has 2 amide bonds. The number of hydrogen-bond acceptors (Lipinski definition) is 4. The summed E-state index contributed by atoms with van der Waals surface area (Å²) in [6.07, 6.45) is 3.80. The Morgan fingerprint density at radius 3 is 2.36 bits per heavy atom. The summed E-state index contributed by atoms with van der Waals surface area (Å²) in [5, 5.41) is 0. The Hall–Kier alpha value is -2.96. The van der Waals surface area contributed by atoms with Crippen LogP contribution in [0.1, 0.15) is 33.3 Å². The number of pyridine rings is 2. The van der Waals surface area contributed by atoms with Crippen LogP contribution in [0, 0.1) is 0 Å². The Balaban J connectivity index is 1.65. The van der Waals surface area contributed by atoms with Crippen LogP contribution in [-0.2, 0) is 6.42 Å². The highest BCUT2D eigenvalue weighted by Crippen LogP contribution is 2.13. The molecule has 0 radical (unpaired) electrons. The van der Waals surface area contributed by atoms with E-state index >= 15 is 0 Å². The van der Waals surface area contributed by atoms with Gasteiger partial charge in [-0.3, -0.25) is 19.4 Å². The van der Waals surface area contributed by atoms with Crippen molar-refractivity contribution in [2.75, 3.05) is 26.2 Å². The fourth-order valence-electron chi connectivity index (χ4n) is 2.91. The van der Waals surface area contributed by atoms with Crippen LogP contribution in [0.5, 0.6) is 0 Å². The molecular formula is C18H20N4O3. The maximum absolute atomic E-state index is 12.7. The molecular weight excluding hydrogens is 320 g/mol. The van der Waals surface area contributed by atoms with Gasteiger partial charge in [0.25, 0.3) is 11.8 Å². The Labute approximate surface area is 145 Å².